The fourth-order valence-corrected chi connectivity index (χ4v) is 5.56. The molecule has 0 fully saturated rings. The second-order valence-electron chi connectivity index (χ2n) is 6.48. The summed E-state index contributed by atoms with van der Waals surface area (Å²) in [5, 5.41) is 0.832. The molecule has 0 radical (unpaired) electrons. The van der Waals surface area contributed by atoms with Gasteiger partial charge >= 0.3 is 0 Å². The highest BCUT2D eigenvalue weighted by atomic mass is 35.5. The first kappa shape index (κ1) is 19.3. The highest BCUT2D eigenvalue weighted by Gasteiger charge is 2.38. The Bertz CT molecular complexity index is 1100. The summed E-state index contributed by atoms with van der Waals surface area (Å²) in [7, 11) is -3.87. The van der Waals surface area contributed by atoms with Gasteiger partial charge in [0, 0.05) is 11.6 Å². The van der Waals surface area contributed by atoms with Crippen molar-refractivity contribution in [2.75, 3.05) is 6.61 Å². The van der Waals surface area contributed by atoms with E-state index in [2.05, 4.69) is 0 Å². The molecule has 3 aromatic rings. The molecule has 0 saturated carbocycles. The number of fused-ring (bicyclic) bond motifs is 1. The predicted octanol–water partition coefficient (Wildman–Crippen LogP) is 5.32. The van der Waals surface area contributed by atoms with Crippen LogP contribution in [0.3, 0.4) is 0 Å². The Balaban J connectivity index is 1.86. The van der Waals surface area contributed by atoms with E-state index in [4.69, 9.17) is 27.9 Å². The molecule has 3 aromatic carbocycles. The molecule has 0 unspecified atom stereocenters. The summed E-state index contributed by atoms with van der Waals surface area (Å²) in [6.07, 6.45) is 0. The number of benzene rings is 3. The molecule has 0 aliphatic carbocycles. The zero-order chi connectivity index (χ0) is 19.7. The molecule has 144 valence electrons. The van der Waals surface area contributed by atoms with Gasteiger partial charge in [0.25, 0.3) is 0 Å². The van der Waals surface area contributed by atoms with Gasteiger partial charge in [0.15, 0.2) is 5.75 Å². The fraction of sp³-hybridized carbons (Fsp3) is 0.143. The molecule has 7 heteroatoms. The van der Waals surface area contributed by atoms with Gasteiger partial charge in [-0.2, -0.15) is 4.31 Å². The van der Waals surface area contributed by atoms with Crippen molar-refractivity contribution in [1.82, 2.24) is 4.31 Å². The van der Waals surface area contributed by atoms with Gasteiger partial charge in [0.05, 0.1) is 11.1 Å². The van der Waals surface area contributed by atoms with Crippen LogP contribution in [0, 0.1) is 0 Å². The number of nitrogens with zero attached hydrogens (tertiary/aromatic N) is 1. The summed E-state index contributed by atoms with van der Waals surface area (Å²) in [4.78, 5) is 0.0699. The Morgan fingerprint density at radius 2 is 1.71 bits per heavy atom. The van der Waals surface area contributed by atoms with Gasteiger partial charge in [-0.3, -0.25) is 0 Å². The molecule has 28 heavy (non-hydrogen) atoms. The van der Waals surface area contributed by atoms with Crippen LogP contribution < -0.4 is 4.74 Å². The van der Waals surface area contributed by atoms with Gasteiger partial charge in [-0.15, -0.1) is 0 Å². The predicted molar refractivity (Wildman–Crippen MR) is 110 cm³/mol. The first-order chi connectivity index (χ1) is 13.5. The maximum absolute atomic E-state index is 13.6. The molecular weight excluding hydrogens is 417 g/mol. The van der Waals surface area contributed by atoms with E-state index in [1.807, 2.05) is 36.4 Å². The first-order valence-electron chi connectivity index (χ1n) is 8.69. The minimum atomic E-state index is -3.87. The minimum absolute atomic E-state index is 0.0699. The van der Waals surface area contributed by atoms with Gasteiger partial charge in [0.1, 0.15) is 11.5 Å². The van der Waals surface area contributed by atoms with Gasteiger partial charge in [0.2, 0.25) is 10.0 Å². The summed E-state index contributed by atoms with van der Waals surface area (Å²) < 4.78 is 34.6. The molecule has 0 N–H and O–H groups in total. The van der Waals surface area contributed by atoms with Crippen LogP contribution in [-0.2, 0) is 16.6 Å². The van der Waals surface area contributed by atoms with Crippen molar-refractivity contribution in [3.05, 3.63) is 94.0 Å². The average Bonchev–Trinajstić information content (AvgIpc) is 2.79. The number of hydrogen-bond acceptors (Lipinski definition) is 3. The second-order valence-corrected chi connectivity index (χ2v) is 9.19. The van der Waals surface area contributed by atoms with Crippen LogP contribution in [-0.4, -0.2) is 19.3 Å². The number of hydrogen-bond donors (Lipinski definition) is 0. The lowest BCUT2D eigenvalue weighted by Gasteiger charge is -2.28. The molecule has 4 nitrogen and oxygen atoms in total. The monoisotopic (exact) mass is 433 g/mol. The molecule has 0 spiro atoms. The Morgan fingerprint density at radius 3 is 2.46 bits per heavy atom. The zero-order valence-electron chi connectivity index (χ0n) is 14.8. The van der Waals surface area contributed by atoms with E-state index < -0.39 is 16.1 Å². The molecule has 0 aromatic heterocycles. The van der Waals surface area contributed by atoms with Crippen molar-refractivity contribution in [1.29, 1.82) is 0 Å². The summed E-state index contributed by atoms with van der Waals surface area (Å²) in [5.74, 6) is 0.193. The lowest BCUT2D eigenvalue weighted by atomic mass is 10.1. The smallest absolute Gasteiger partial charge is 0.247 e. The van der Waals surface area contributed by atoms with Crippen LogP contribution in [0.2, 0.25) is 10.0 Å². The van der Waals surface area contributed by atoms with Crippen molar-refractivity contribution in [3.63, 3.8) is 0 Å². The number of para-hydroxylation sites is 1. The summed E-state index contributed by atoms with van der Waals surface area (Å²) in [6, 6.07) is 20.9. The van der Waals surface area contributed by atoms with E-state index in [1.165, 1.54) is 10.4 Å². The first-order valence-corrected chi connectivity index (χ1v) is 10.9. The quantitative estimate of drug-likeness (QED) is 0.561. The van der Waals surface area contributed by atoms with Crippen molar-refractivity contribution < 1.29 is 13.2 Å². The number of rotatable bonds is 3. The third kappa shape index (κ3) is 3.63. The van der Waals surface area contributed by atoms with Crippen LogP contribution in [0.25, 0.3) is 0 Å². The lowest BCUT2D eigenvalue weighted by Crippen LogP contribution is -2.35. The van der Waals surface area contributed by atoms with E-state index in [-0.39, 0.29) is 28.8 Å². The van der Waals surface area contributed by atoms with Gasteiger partial charge in [-0.25, -0.2) is 8.42 Å². The minimum Gasteiger partial charge on any atom is -0.489 e. The largest absolute Gasteiger partial charge is 0.489 e. The van der Waals surface area contributed by atoms with E-state index in [1.54, 1.807) is 30.3 Å². The molecule has 0 bridgehead atoms. The van der Waals surface area contributed by atoms with Crippen molar-refractivity contribution in [2.24, 2.45) is 0 Å². The number of halogens is 2. The van der Waals surface area contributed by atoms with Crippen LogP contribution >= 0.6 is 23.2 Å². The third-order valence-electron chi connectivity index (χ3n) is 4.66. The van der Waals surface area contributed by atoms with Gasteiger partial charge in [-0.05, 0) is 35.4 Å². The van der Waals surface area contributed by atoms with Crippen LogP contribution in [0.4, 0.5) is 0 Å². The summed E-state index contributed by atoms with van der Waals surface area (Å²) >= 11 is 12.3. The Morgan fingerprint density at radius 1 is 0.964 bits per heavy atom. The van der Waals surface area contributed by atoms with Crippen LogP contribution in [0.15, 0.2) is 77.7 Å². The van der Waals surface area contributed by atoms with Crippen LogP contribution in [0.5, 0.6) is 5.75 Å². The molecule has 1 aliphatic rings. The van der Waals surface area contributed by atoms with Crippen molar-refractivity contribution in [3.8, 4) is 5.75 Å². The topological polar surface area (TPSA) is 46.6 Å². The average molecular weight is 434 g/mol. The third-order valence-corrected chi connectivity index (χ3v) is 7.07. The molecule has 1 aliphatic heterocycles. The van der Waals surface area contributed by atoms with Gasteiger partial charge < -0.3 is 4.74 Å². The maximum Gasteiger partial charge on any atom is 0.247 e. The van der Waals surface area contributed by atoms with E-state index in [0.717, 1.165) is 11.1 Å². The highest BCUT2D eigenvalue weighted by molar-refractivity contribution is 7.89. The van der Waals surface area contributed by atoms with Crippen LogP contribution in [0.1, 0.15) is 17.2 Å². The highest BCUT2D eigenvalue weighted by Crippen LogP contribution is 2.41. The van der Waals surface area contributed by atoms with E-state index in [0.29, 0.717) is 5.02 Å². The molecular formula is C21H17Cl2NO3S. The molecule has 0 saturated heterocycles. The standard InChI is InChI=1S/C21H17Cl2NO3S/c22-17-9-4-6-15(12-17)13-24-19(16-7-2-1-3-8-16)14-27-21-18(23)10-5-11-20(21)28(24,25)26/h1-12,19H,13-14H2/t19-/m1/s1. The van der Waals surface area contributed by atoms with E-state index in [9.17, 15) is 8.42 Å². The zero-order valence-corrected chi connectivity index (χ0v) is 17.1. The maximum atomic E-state index is 13.6. The van der Waals surface area contributed by atoms with Crippen molar-refractivity contribution in [2.45, 2.75) is 17.5 Å². The second kappa shape index (κ2) is 7.76. The lowest BCUT2D eigenvalue weighted by molar-refractivity contribution is 0.210. The molecule has 4 rings (SSSR count). The van der Waals surface area contributed by atoms with Crippen molar-refractivity contribution >= 4 is 33.2 Å². The summed E-state index contributed by atoms with van der Waals surface area (Å²) in [5.41, 5.74) is 1.64. The Labute approximate surface area is 174 Å². The molecule has 0 amide bonds. The normalized spacial score (nSPS) is 18.7. The summed E-state index contributed by atoms with van der Waals surface area (Å²) in [6.45, 7) is 0.318. The Kier molecular flexibility index (Phi) is 5.34. The molecule has 1 heterocycles. The Hall–Kier alpha value is -2.05. The number of sulfonamides is 1. The number of ether oxygens (including phenoxy) is 1. The van der Waals surface area contributed by atoms with Gasteiger partial charge in [-0.1, -0.05) is 71.7 Å². The fourth-order valence-electron chi connectivity index (χ4n) is 3.32. The SMILES string of the molecule is O=S1(=O)c2cccc(Cl)c2OC[C@H](c2ccccc2)N1Cc1cccc(Cl)c1. The van der Waals surface area contributed by atoms with E-state index >= 15 is 0 Å². The molecule has 1 atom stereocenters.